The molecule has 0 saturated heterocycles. The van der Waals surface area contributed by atoms with Crippen molar-refractivity contribution in [3.63, 3.8) is 0 Å². The summed E-state index contributed by atoms with van der Waals surface area (Å²) in [7, 11) is 2.64. The van der Waals surface area contributed by atoms with E-state index in [9.17, 15) is 19.2 Å². The number of aromatic amines is 2. The lowest BCUT2D eigenvalue weighted by Crippen LogP contribution is -2.52. The van der Waals surface area contributed by atoms with Crippen LogP contribution in [0.3, 0.4) is 0 Å². The van der Waals surface area contributed by atoms with Crippen molar-refractivity contribution in [2.75, 3.05) is 27.3 Å². The maximum atomic E-state index is 14.0. The first-order valence-electron chi connectivity index (χ1n) is 21.3. The van der Waals surface area contributed by atoms with Gasteiger partial charge in [-0.15, -0.1) is 0 Å². The monoisotopic (exact) mass is 814 g/mol. The molecule has 2 aromatic heterocycles. The van der Waals surface area contributed by atoms with E-state index in [1.165, 1.54) is 14.2 Å². The standard InChI is InChI=1S/C46H54N8O6/c1-59-45(57)51-39(33-11-5-3-6-12-33)43(55)53-25-9-15-37(53)41-47-27-35(49-41)31-21-17-29(18-22-31)30-19-23-32(24-20-30)36-28-48-42(50-36)38-16-10-26-54(38)44(56)40(52-46(58)60-2)34-13-7-4-8-14-34/h9-10,15-24,27-28,33-34,37-40H,3-8,11-14,25-26H2,1-2H3,(H,47,49)(H,48,50)(H,51,57)(H,52,58)/t37-,38-,39-,40-/m0/s1. The molecule has 0 spiro atoms. The highest BCUT2D eigenvalue weighted by molar-refractivity contribution is 5.88. The number of aromatic nitrogens is 4. The summed E-state index contributed by atoms with van der Waals surface area (Å²) in [5, 5.41) is 5.68. The predicted molar refractivity (Wildman–Crippen MR) is 226 cm³/mol. The van der Waals surface area contributed by atoms with Gasteiger partial charge in [0.2, 0.25) is 11.8 Å². The second kappa shape index (κ2) is 18.4. The van der Waals surface area contributed by atoms with Crippen LogP contribution >= 0.6 is 0 Å². The summed E-state index contributed by atoms with van der Waals surface area (Å²) in [5.41, 5.74) is 5.71. The first kappa shape index (κ1) is 40.6. The minimum Gasteiger partial charge on any atom is -0.453 e. The van der Waals surface area contributed by atoms with E-state index in [0.29, 0.717) is 24.7 Å². The lowest BCUT2D eigenvalue weighted by atomic mass is 9.83. The zero-order valence-corrected chi connectivity index (χ0v) is 34.3. The highest BCUT2D eigenvalue weighted by Crippen LogP contribution is 2.35. The van der Waals surface area contributed by atoms with Crippen LogP contribution in [0.4, 0.5) is 9.59 Å². The summed E-state index contributed by atoms with van der Waals surface area (Å²) in [6.07, 6.45) is 20.3. The van der Waals surface area contributed by atoms with E-state index in [-0.39, 0.29) is 35.7 Å². The average Bonchev–Trinajstić information content (AvgIpc) is 4.15. The third-order valence-electron chi connectivity index (χ3n) is 12.6. The van der Waals surface area contributed by atoms with E-state index in [4.69, 9.17) is 19.4 Å². The van der Waals surface area contributed by atoms with Crippen LogP contribution in [0.1, 0.15) is 87.9 Å². The molecule has 14 nitrogen and oxygen atoms in total. The Kier molecular flexibility index (Phi) is 12.4. The summed E-state index contributed by atoms with van der Waals surface area (Å²) in [6.45, 7) is 0.882. The number of amides is 4. The Bertz CT molecular complexity index is 2040. The van der Waals surface area contributed by atoms with Gasteiger partial charge < -0.3 is 39.9 Å². The second-order valence-corrected chi connectivity index (χ2v) is 16.3. The molecular formula is C46H54N8O6. The number of ether oxygens (including phenoxy) is 2. The second-order valence-electron chi connectivity index (χ2n) is 16.3. The smallest absolute Gasteiger partial charge is 0.407 e. The zero-order valence-electron chi connectivity index (χ0n) is 34.3. The van der Waals surface area contributed by atoms with Gasteiger partial charge in [0.05, 0.1) is 38.0 Å². The molecule has 4 N–H and O–H groups in total. The number of rotatable bonds is 11. The Morgan fingerprint density at radius 1 is 0.583 bits per heavy atom. The van der Waals surface area contributed by atoms with E-state index < -0.39 is 24.3 Å². The average molecular weight is 815 g/mol. The lowest BCUT2D eigenvalue weighted by molar-refractivity contribution is -0.136. The summed E-state index contributed by atoms with van der Waals surface area (Å²) >= 11 is 0. The Morgan fingerprint density at radius 2 is 0.950 bits per heavy atom. The predicted octanol–water partition coefficient (Wildman–Crippen LogP) is 7.62. The normalized spacial score (nSPS) is 20.5. The van der Waals surface area contributed by atoms with E-state index in [2.05, 4.69) is 69.1 Å². The van der Waals surface area contributed by atoms with Crippen LogP contribution < -0.4 is 10.6 Å². The summed E-state index contributed by atoms with van der Waals surface area (Å²) in [5.74, 6) is 1.22. The van der Waals surface area contributed by atoms with Gasteiger partial charge in [0, 0.05) is 13.1 Å². The van der Waals surface area contributed by atoms with Crippen molar-refractivity contribution in [3.8, 4) is 33.6 Å². The highest BCUT2D eigenvalue weighted by Gasteiger charge is 2.40. The number of benzene rings is 2. The van der Waals surface area contributed by atoms with Crippen LogP contribution in [0, 0.1) is 11.8 Å². The van der Waals surface area contributed by atoms with Gasteiger partial charge in [-0.1, -0.05) is 111 Å². The Balaban J connectivity index is 0.915. The highest BCUT2D eigenvalue weighted by atomic mass is 16.5. The van der Waals surface area contributed by atoms with Crippen molar-refractivity contribution in [1.29, 1.82) is 0 Å². The van der Waals surface area contributed by atoms with Crippen LogP contribution in [0.15, 0.2) is 85.2 Å². The number of methoxy groups -OCH3 is 2. The first-order chi connectivity index (χ1) is 29.3. The van der Waals surface area contributed by atoms with Gasteiger partial charge in [-0.3, -0.25) is 9.59 Å². The Labute approximate surface area is 350 Å². The van der Waals surface area contributed by atoms with Crippen molar-refractivity contribution in [2.45, 2.75) is 88.4 Å². The largest absolute Gasteiger partial charge is 0.453 e. The maximum Gasteiger partial charge on any atom is 0.407 e. The van der Waals surface area contributed by atoms with E-state index in [0.717, 1.165) is 97.8 Å². The molecule has 14 heteroatoms. The SMILES string of the molecule is COC(=O)N[C@H](C(=O)N1CC=C[C@H]1c1ncc(-c2ccc(-c3ccc(-c4cnc([C@@H]5C=CCN5C(=O)[C@@H](NC(=O)OC)C5CCCCC5)[nH]4)cc3)cc2)[nH]1)C1CCCCC1. The molecule has 4 aromatic rings. The lowest BCUT2D eigenvalue weighted by Gasteiger charge is -2.34. The molecule has 4 heterocycles. The van der Waals surface area contributed by atoms with Crippen LogP contribution in [0.25, 0.3) is 33.6 Å². The van der Waals surface area contributed by atoms with Gasteiger partial charge in [0.1, 0.15) is 35.8 Å². The van der Waals surface area contributed by atoms with Crippen molar-refractivity contribution in [1.82, 2.24) is 40.4 Å². The van der Waals surface area contributed by atoms with Crippen molar-refractivity contribution in [2.24, 2.45) is 11.8 Å². The molecule has 4 aliphatic rings. The number of alkyl carbamates (subject to hydrolysis) is 2. The van der Waals surface area contributed by atoms with Crippen LogP contribution in [-0.4, -0.2) is 93.1 Å². The van der Waals surface area contributed by atoms with Crippen LogP contribution in [0.2, 0.25) is 0 Å². The number of imidazole rings is 2. The molecule has 2 fully saturated rings. The molecule has 4 amide bonds. The van der Waals surface area contributed by atoms with Crippen molar-refractivity contribution < 1.29 is 28.7 Å². The van der Waals surface area contributed by atoms with Gasteiger partial charge in [0.25, 0.3) is 0 Å². The first-order valence-corrected chi connectivity index (χ1v) is 21.3. The molecule has 2 aromatic carbocycles. The Morgan fingerprint density at radius 3 is 1.32 bits per heavy atom. The molecule has 2 saturated carbocycles. The molecule has 0 unspecified atom stereocenters. The number of hydrogen-bond acceptors (Lipinski definition) is 8. The number of carbonyl (C=O) groups is 4. The number of nitrogens with zero attached hydrogens (tertiary/aromatic N) is 4. The summed E-state index contributed by atoms with van der Waals surface area (Å²) in [6, 6.07) is 14.5. The molecule has 314 valence electrons. The Hall–Kier alpha value is -6.18. The summed E-state index contributed by atoms with van der Waals surface area (Å²) in [4.78, 5) is 72.3. The van der Waals surface area contributed by atoms with Gasteiger partial charge in [-0.05, 0) is 59.8 Å². The van der Waals surface area contributed by atoms with Gasteiger partial charge in [0.15, 0.2) is 0 Å². The van der Waals surface area contributed by atoms with Gasteiger partial charge >= 0.3 is 12.2 Å². The van der Waals surface area contributed by atoms with E-state index in [1.807, 2.05) is 24.3 Å². The fourth-order valence-corrected chi connectivity index (χ4v) is 9.35. The zero-order chi connectivity index (χ0) is 41.6. The topological polar surface area (TPSA) is 175 Å². The molecule has 0 bridgehead atoms. The quantitative estimate of drug-likeness (QED) is 0.112. The summed E-state index contributed by atoms with van der Waals surface area (Å²) < 4.78 is 9.76. The molecule has 4 atom stereocenters. The molecule has 2 aliphatic carbocycles. The molecule has 2 aliphatic heterocycles. The van der Waals surface area contributed by atoms with E-state index >= 15 is 0 Å². The van der Waals surface area contributed by atoms with Crippen LogP contribution in [-0.2, 0) is 19.1 Å². The number of hydrogen-bond donors (Lipinski definition) is 4. The minimum absolute atomic E-state index is 0.0694. The third-order valence-corrected chi connectivity index (χ3v) is 12.6. The molecule has 8 rings (SSSR count). The van der Waals surface area contributed by atoms with Crippen molar-refractivity contribution in [3.05, 3.63) is 96.9 Å². The molecule has 0 radical (unpaired) electrons. The van der Waals surface area contributed by atoms with Crippen LogP contribution in [0.5, 0.6) is 0 Å². The molecule has 60 heavy (non-hydrogen) atoms. The number of carbonyl (C=O) groups excluding carboxylic acids is 4. The fraction of sp³-hybridized carbons (Fsp3) is 0.435. The minimum atomic E-state index is -0.645. The van der Waals surface area contributed by atoms with Crippen molar-refractivity contribution >= 4 is 24.0 Å². The van der Waals surface area contributed by atoms with E-state index in [1.54, 1.807) is 22.2 Å². The third kappa shape index (κ3) is 8.73. The number of nitrogens with one attached hydrogen (secondary N) is 4. The fourth-order valence-electron chi connectivity index (χ4n) is 9.35. The maximum absolute atomic E-state index is 14.0. The van der Waals surface area contributed by atoms with Gasteiger partial charge in [-0.2, -0.15) is 0 Å². The number of H-pyrrole nitrogens is 2. The molecular weight excluding hydrogens is 761 g/mol. The van der Waals surface area contributed by atoms with Gasteiger partial charge in [-0.25, -0.2) is 19.6 Å².